The molecule has 3 heteroatoms. The van der Waals surface area contributed by atoms with E-state index in [1.165, 1.54) is 19.4 Å². The molecule has 0 radical (unpaired) electrons. The Kier molecular flexibility index (Phi) is 6.09. The van der Waals surface area contributed by atoms with Crippen LogP contribution in [0.1, 0.15) is 47.5 Å². The lowest BCUT2D eigenvalue weighted by molar-refractivity contribution is -0.0303. The molecule has 0 spiro atoms. The van der Waals surface area contributed by atoms with E-state index in [-0.39, 0.29) is 0 Å². The lowest BCUT2D eigenvalue weighted by Gasteiger charge is -2.39. The minimum atomic E-state index is -0.591. The highest BCUT2D eigenvalue weighted by molar-refractivity contribution is 4.84. The fraction of sp³-hybridized carbons (Fsp3) is 1.00. The van der Waals surface area contributed by atoms with E-state index in [0.29, 0.717) is 12.0 Å². The number of hydrogen-bond donors (Lipinski definition) is 2. The molecular formula is C15H32N2O. The quantitative estimate of drug-likeness (QED) is 0.764. The maximum atomic E-state index is 10.5. The van der Waals surface area contributed by atoms with Gasteiger partial charge in [-0.15, -0.1) is 0 Å². The highest BCUT2D eigenvalue weighted by atomic mass is 16.3. The lowest BCUT2D eigenvalue weighted by Crippen LogP contribution is -2.50. The molecule has 0 aromatic heterocycles. The predicted molar refractivity (Wildman–Crippen MR) is 77.8 cm³/mol. The second kappa shape index (κ2) is 6.88. The Bertz CT molecular complexity index is 233. The van der Waals surface area contributed by atoms with Crippen LogP contribution in [-0.2, 0) is 0 Å². The molecule has 0 saturated carbocycles. The minimum absolute atomic E-state index is 0.295. The van der Waals surface area contributed by atoms with E-state index in [0.717, 1.165) is 25.6 Å². The normalized spacial score (nSPS) is 24.8. The summed E-state index contributed by atoms with van der Waals surface area (Å²) in [5.74, 6) is 1.03. The molecule has 3 nitrogen and oxygen atoms in total. The molecule has 0 aromatic rings. The van der Waals surface area contributed by atoms with Gasteiger partial charge in [-0.05, 0) is 58.5 Å². The molecule has 1 rings (SSSR count). The first kappa shape index (κ1) is 15.9. The first-order chi connectivity index (χ1) is 8.33. The van der Waals surface area contributed by atoms with Crippen molar-refractivity contribution in [1.29, 1.82) is 0 Å². The molecular weight excluding hydrogens is 224 g/mol. The molecule has 18 heavy (non-hydrogen) atoms. The third-order valence-corrected chi connectivity index (χ3v) is 4.39. The van der Waals surface area contributed by atoms with Gasteiger partial charge in [-0.3, -0.25) is 4.90 Å². The van der Waals surface area contributed by atoms with Gasteiger partial charge in [0.15, 0.2) is 0 Å². The van der Waals surface area contributed by atoms with E-state index in [4.69, 9.17) is 0 Å². The van der Waals surface area contributed by atoms with E-state index >= 15 is 0 Å². The number of nitrogens with one attached hydrogen (secondary N) is 1. The third kappa shape index (κ3) is 4.87. The summed E-state index contributed by atoms with van der Waals surface area (Å²) in [6.45, 7) is 14.8. The van der Waals surface area contributed by atoms with Crippen molar-refractivity contribution in [3.8, 4) is 0 Å². The Hall–Kier alpha value is -0.120. The maximum Gasteiger partial charge on any atom is 0.0768 e. The molecule has 2 atom stereocenters. The van der Waals surface area contributed by atoms with Crippen molar-refractivity contribution in [2.24, 2.45) is 11.8 Å². The largest absolute Gasteiger partial charge is 0.389 e. The molecule has 0 bridgehead atoms. The van der Waals surface area contributed by atoms with Crippen molar-refractivity contribution in [3.05, 3.63) is 0 Å². The summed E-state index contributed by atoms with van der Waals surface area (Å²) in [7, 11) is 0. The van der Waals surface area contributed by atoms with Crippen LogP contribution in [0.5, 0.6) is 0 Å². The van der Waals surface area contributed by atoms with Crippen molar-refractivity contribution < 1.29 is 5.11 Å². The van der Waals surface area contributed by atoms with Crippen LogP contribution in [-0.4, -0.2) is 47.8 Å². The van der Waals surface area contributed by atoms with E-state index < -0.39 is 5.60 Å². The second-order valence-electron chi connectivity index (χ2n) is 6.75. The van der Waals surface area contributed by atoms with Gasteiger partial charge in [0.2, 0.25) is 0 Å². The molecule has 0 amide bonds. The van der Waals surface area contributed by atoms with Crippen molar-refractivity contribution in [3.63, 3.8) is 0 Å². The summed E-state index contributed by atoms with van der Waals surface area (Å²) in [6.07, 6.45) is 2.61. The Morgan fingerprint density at radius 2 is 2.00 bits per heavy atom. The van der Waals surface area contributed by atoms with E-state index in [1.54, 1.807) is 0 Å². The van der Waals surface area contributed by atoms with Gasteiger partial charge < -0.3 is 10.4 Å². The average molecular weight is 256 g/mol. The Balaban J connectivity index is 2.54. The highest BCUT2D eigenvalue weighted by Crippen LogP contribution is 2.21. The molecule has 1 aliphatic rings. The van der Waals surface area contributed by atoms with Crippen LogP contribution in [0.25, 0.3) is 0 Å². The van der Waals surface area contributed by atoms with Crippen LogP contribution in [0.15, 0.2) is 0 Å². The lowest BCUT2D eigenvalue weighted by atomic mass is 9.90. The molecule has 0 aromatic carbocycles. The summed E-state index contributed by atoms with van der Waals surface area (Å²) in [4.78, 5) is 2.44. The standard InChI is InChI=1S/C15H32N2O/c1-12(2)15(5,18)11-17(13(3)4)10-14-7-6-8-16-9-14/h12-14,16,18H,6-11H2,1-5H3. The van der Waals surface area contributed by atoms with Gasteiger partial charge in [0.05, 0.1) is 5.60 Å². The van der Waals surface area contributed by atoms with Crippen LogP contribution in [0, 0.1) is 11.8 Å². The van der Waals surface area contributed by atoms with Crippen molar-refractivity contribution >= 4 is 0 Å². The van der Waals surface area contributed by atoms with E-state index in [1.807, 2.05) is 6.92 Å². The van der Waals surface area contributed by atoms with Gasteiger partial charge in [-0.2, -0.15) is 0 Å². The third-order valence-electron chi connectivity index (χ3n) is 4.39. The summed E-state index contributed by atoms with van der Waals surface area (Å²) in [5, 5.41) is 14.0. The molecule has 0 aliphatic carbocycles. The molecule has 1 fully saturated rings. The first-order valence-corrected chi connectivity index (χ1v) is 7.50. The van der Waals surface area contributed by atoms with E-state index in [9.17, 15) is 5.11 Å². The molecule has 2 unspecified atom stereocenters. The Morgan fingerprint density at radius 1 is 1.33 bits per heavy atom. The predicted octanol–water partition coefficient (Wildman–Crippen LogP) is 2.10. The Labute approximate surface area is 113 Å². The number of aliphatic hydroxyl groups is 1. The maximum absolute atomic E-state index is 10.5. The van der Waals surface area contributed by atoms with Gasteiger partial charge in [-0.1, -0.05) is 13.8 Å². The van der Waals surface area contributed by atoms with Crippen molar-refractivity contribution in [2.45, 2.75) is 59.1 Å². The zero-order valence-electron chi connectivity index (χ0n) is 12.9. The van der Waals surface area contributed by atoms with Gasteiger partial charge in [0.25, 0.3) is 0 Å². The second-order valence-corrected chi connectivity index (χ2v) is 6.75. The zero-order chi connectivity index (χ0) is 13.8. The first-order valence-electron chi connectivity index (χ1n) is 7.50. The fourth-order valence-electron chi connectivity index (χ4n) is 2.46. The summed E-state index contributed by atoms with van der Waals surface area (Å²) >= 11 is 0. The smallest absolute Gasteiger partial charge is 0.0768 e. The molecule has 1 saturated heterocycles. The van der Waals surface area contributed by atoms with Gasteiger partial charge in [0, 0.05) is 19.1 Å². The van der Waals surface area contributed by atoms with Gasteiger partial charge in [0.1, 0.15) is 0 Å². The SMILES string of the molecule is CC(C)N(CC1CCCNC1)CC(C)(O)C(C)C. The molecule has 1 heterocycles. The van der Waals surface area contributed by atoms with Crippen LogP contribution >= 0.6 is 0 Å². The Morgan fingerprint density at radius 3 is 2.44 bits per heavy atom. The van der Waals surface area contributed by atoms with Crippen LogP contribution in [0.2, 0.25) is 0 Å². The fourth-order valence-corrected chi connectivity index (χ4v) is 2.46. The van der Waals surface area contributed by atoms with Gasteiger partial charge >= 0.3 is 0 Å². The van der Waals surface area contributed by atoms with Gasteiger partial charge in [-0.25, -0.2) is 0 Å². The topological polar surface area (TPSA) is 35.5 Å². The van der Waals surface area contributed by atoms with Crippen LogP contribution in [0.3, 0.4) is 0 Å². The van der Waals surface area contributed by atoms with E-state index in [2.05, 4.69) is 37.9 Å². The van der Waals surface area contributed by atoms with Crippen LogP contribution < -0.4 is 5.32 Å². The van der Waals surface area contributed by atoms with Crippen molar-refractivity contribution in [2.75, 3.05) is 26.2 Å². The monoisotopic (exact) mass is 256 g/mol. The number of piperidine rings is 1. The number of nitrogens with zero attached hydrogens (tertiary/aromatic N) is 1. The summed E-state index contributed by atoms with van der Waals surface area (Å²) in [5.41, 5.74) is -0.591. The molecule has 108 valence electrons. The van der Waals surface area contributed by atoms with Crippen LogP contribution in [0.4, 0.5) is 0 Å². The zero-order valence-corrected chi connectivity index (χ0v) is 12.9. The molecule has 1 aliphatic heterocycles. The highest BCUT2D eigenvalue weighted by Gasteiger charge is 2.30. The minimum Gasteiger partial charge on any atom is -0.389 e. The number of hydrogen-bond acceptors (Lipinski definition) is 3. The average Bonchev–Trinajstić information content (AvgIpc) is 2.29. The summed E-state index contributed by atoms with van der Waals surface area (Å²) < 4.78 is 0. The molecule has 2 N–H and O–H groups in total. The summed E-state index contributed by atoms with van der Waals surface area (Å²) in [6, 6.07) is 0.497. The number of rotatable bonds is 6. The van der Waals surface area contributed by atoms with Crippen molar-refractivity contribution in [1.82, 2.24) is 10.2 Å².